The minimum absolute atomic E-state index is 0.0249. The maximum atomic E-state index is 13.1. The molecule has 0 saturated carbocycles. The Hall–Kier alpha value is -1.63. The van der Waals surface area contributed by atoms with Crippen LogP contribution in [0.3, 0.4) is 0 Å². The lowest BCUT2D eigenvalue weighted by Gasteiger charge is -2.09. The molecule has 7 heteroatoms. The summed E-state index contributed by atoms with van der Waals surface area (Å²) in [5, 5.41) is -0.0414. The van der Waals surface area contributed by atoms with Crippen LogP contribution in [0.4, 0.5) is 4.39 Å². The zero-order chi connectivity index (χ0) is 17.6. The van der Waals surface area contributed by atoms with Gasteiger partial charge >= 0.3 is 0 Å². The maximum absolute atomic E-state index is 13.1. The van der Waals surface area contributed by atoms with Gasteiger partial charge < -0.3 is 4.74 Å². The number of hydrogen-bond acceptors (Lipinski definition) is 3. The average Bonchev–Trinajstić information content (AvgIpc) is 2.57. The first-order valence-corrected chi connectivity index (χ1v) is 9.45. The summed E-state index contributed by atoms with van der Waals surface area (Å²) in [7, 11) is -3.67. The fourth-order valence-corrected chi connectivity index (χ4v) is 3.18. The van der Waals surface area contributed by atoms with Crippen LogP contribution in [-0.4, -0.2) is 15.0 Å². The molecule has 2 rings (SSSR count). The van der Waals surface area contributed by atoms with E-state index in [1.165, 1.54) is 30.3 Å². The van der Waals surface area contributed by atoms with Crippen LogP contribution in [-0.2, 0) is 16.6 Å². The minimum atomic E-state index is -3.67. The van der Waals surface area contributed by atoms with Gasteiger partial charge in [-0.2, -0.15) is 0 Å². The molecule has 0 aromatic heterocycles. The van der Waals surface area contributed by atoms with Gasteiger partial charge in [-0.3, -0.25) is 0 Å². The van der Waals surface area contributed by atoms with Crippen LogP contribution in [0.15, 0.2) is 47.4 Å². The van der Waals surface area contributed by atoms with E-state index in [4.69, 9.17) is 16.3 Å². The first-order valence-electron chi connectivity index (χ1n) is 7.59. The van der Waals surface area contributed by atoms with Gasteiger partial charge in [0.25, 0.3) is 0 Å². The average molecular weight is 372 g/mol. The highest BCUT2D eigenvalue weighted by molar-refractivity contribution is 7.89. The number of nitrogens with one attached hydrogen (secondary N) is 1. The molecule has 0 spiro atoms. The predicted octanol–water partition coefficient (Wildman–Crippen LogP) is 4.14. The SMILES string of the molecule is CCCCOc1ccc(S(=O)(=O)NCc2ccc(F)c(Cl)c2)cc1. The summed E-state index contributed by atoms with van der Waals surface area (Å²) in [6, 6.07) is 10.3. The second-order valence-corrected chi connectivity index (χ2v) is 7.42. The summed E-state index contributed by atoms with van der Waals surface area (Å²) < 4.78 is 45.6. The Morgan fingerprint density at radius 2 is 1.88 bits per heavy atom. The Bertz CT molecular complexity index is 779. The van der Waals surface area contributed by atoms with E-state index in [1.807, 2.05) is 0 Å². The van der Waals surface area contributed by atoms with E-state index in [9.17, 15) is 12.8 Å². The lowest BCUT2D eigenvalue weighted by Crippen LogP contribution is -2.23. The molecule has 0 amide bonds. The Morgan fingerprint density at radius 1 is 1.17 bits per heavy atom. The van der Waals surface area contributed by atoms with Gasteiger partial charge in [0.1, 0.15) is 11.6 Å². The number of halogens is 2. The van der Waals surface area contributed by atoms with Crippen LogP contribution in [0, 0.1) is 5.82 Å². The van der Waals surface area contributed by atoms with Crippen molar-refractivity contribution >= 4 is 21.6 Å². The molecule has 0 bridgehead atoms. The zero-order valence-electron chi connectivity index (χ0n) is 13.3. The van der Waals surface area contributed by atoms with Crippen LogP contribution in [0.25, 0.3) is 0 Å². The Morgan fingerprint density at radius 3 is 2.50 bits per heavy atom. The zero-order valence-corrected chi connectivity index (χ0v) is 14.8. The van der Waals surface area contributed by atoms with E-state index in [-0.39, 0.29) is 16.5 Å². The number of hydrogen-bond donors (Lipinski definition) is 1. The van der Waals surface area contributed by atoms with Crippen molar-refractivity contribution < 1.29 is 17.5 Å². The van der Waals surface area contributed by atoms with Crippen molar-refractivity contribution in [1.29, 1.82) is 0 Å². The molecule has 0 aliphatic carbocycles. The monoisotopic (exact) mass is 371 g/mol. The molecule has 0 saturated heterocycles. The largest absolute Gasteiger partial charge is 0.494 e. The molecule has 0 radical (unpaired) electrons. The molecule has 0 fully saturated rings. The highest BCUT2D eigenvalue weighted by Gasteiger charge is 2.14. The fourth-order valence-electron chi connectivity index (χ4n) is 1.96. The van der Waals surface area contributed by atoms with Crippen LogP contribution in [0.2, 0.25) is 5.02 Å². The van der Waals surface area contributed by atoms with E-state index >= 15 is 0 Å². The molecule has 0 atom stereocenters. The predicted molar refractivity (Wildman–Crippen MR) is 92.3 cm³/mol. The van der Waals surface area contributed by atoms with Gasteiger partial charge in [-0.1, -0.05) is 31.0 Å². The highest BCUT2D eigenvalue weighted by Crippen LogP contribution is 2.18. The van der Waals surface area contributed by atoms with E-state index in [0.29, 0.717) is 17.9 Å². The first kappa shape index (κ1) is 18.7. The van der Waals surface area contributed by atoms with Crippen molar-refractivity contribution in [2.45, 2.75) is 31.2 Å². The third kappa shape index (κ3) is 5.19. The topological polar surface area (TPSA) is 55.4 Å². The second-order valence-electron chi connectivity index (χ2n) is 5.25. The summed E-state index contributed by atoms with van der Waals surface area (Å²) in [6.45, 7) is 2.70. The normalized spacial score (nSPS) is 11.5. The molecule has 24 heavy (non-hydrogen) atoms. The van der Waals surface area contributed by atoms with Crippen LogP contribution in [0.5, 0.6) is 5.75 Å². The molecule has 4 nitrogen and oxygen atoms in total. The van der Waals surface area contributed by atoms with E-state index in [0.717, 1.165) is 12.8 Å². The summed E-state index contributed by atoms with van der Waals surface area (Å²) in [4.78, 5) is 0.138. The minimum Gasteiger partial charge on any atom is -0.494 e. The molecular formula is C17H19ClFNO3S. The molecule has 130 valence electrons. The van der Waals surface area contributed by atoms with Crippen molar-refractivity contribution in [2.75, 3.05) is 6.61 Å². The van der Waals surface area contributed by atoms with Crippen LogP contribution in [0.1, 0.15) is 25.3 Å². The summed E-state index contributed by atoms with van der Waals surface area (Å²) in [5.41, 5.74) is 0.574. The highest BCUT2D eigenvalue weighted by atomic mass is 35.5. The maximum Gasteiger partial charge on any atom is 0.240 e. The number of ether oxygens (including phenoxy) is 1. The lowest BCUT2D eigenvalue weighted by molar-refractivity contribution is 0.309. The smallest absolute Gasteiger partial charge is 0.240 e. The summed E-state index contributed by atoms with van der Waals surface area (Å²) in [6.07, 6.45) is 1.98. The molecule has 2 aromatic rings. The van der Waals surface area contributed by atoms with Crippen LogP contribution < -0.4 is 9.46 Å². The summed E-state index contributed by atoms with van der Waals surface area (Å²) in [5.74, 6) is 0.0923. The van der Waals surface area contributed by atoms with E-state index in [1.54, 1.807) is 12.1 Å². The van der Waals surface area contributed by atoms with Gasteiger partial charge in [-0.15, -0.1) is 0 Å². The van der Waals surface area contributed by atoms with Gasteiger partial charge in [-0.05, 0) is 48.4 Å². The Balaban J connectivity index is 2.00. The molecule has 2 aromatic carbocycles. The first-order chi connectivity index (χ1) is 11.4. The Kier molecular flexibility index (Phi) is 6.60. The van der Waals surface area contributed by atoms with E-state index < -0.39 is 15.8 Å². The van der Waals surface area contributed by atoms with Crippen molar-refractivity contribution in [1.82, 2.24) is 4.72 Å². The number of benzene rings is 2. The van der Waals surface area contributed by atoms with Crippen molar-refractivity contribution in [2.24, 2.45) is 0 Å². The molecule has 0 aliphatic rings. The number of sulfonamides is 1. The van der Waals surface area contributed by atoms with Gasteiger partial charge in [0.15, 0.2) is 0 Å². The van der Waals surface area contributed by atoms with Gasteiger partial charge in [0.2, 0.25) is 10.0 Å². The second kappa shape index (κ2) is 8.46. The molecule has 0 heterocycles. The summed E-state index contributed by atoms with van der Waals surface area (Å²) >= 11 is 5.68. The third-order valence-corrected chi connectivity index (χ3v) is 5.06. The number of unbranched alkanes of at least 4 members (excludes halogenated alkanes) is 1. The number of rotatable bonds is 8. The van der Waals surface area contributed by atoms with Crippen molar-refractivity contribution in [3.63, 3.8) is 0 Å². The van der Waals surface area contributed by atoms with Crippen molar-refractivity contribution in [3.05, 3.63) is 58.9 Å². The third-order valence-electron chi connectivity index (χ3n) is 3.35. The molecule has 0 aliphatic heterocycles. The van der Waals surface area contributed by atoms with Crippen molar-refractivity contribution in [3.8, 4) is 5.75 Å². The lowest BCUT2D eigenvalue weighted by atomic mass is 10.2. The molecule has 1 N–H and O–H groups in total. The molecule has 0 unspecified atom stereocenters. The van der Waals surface area contributed by atoms with Gasteiger partial charge in [0, 0.05) is 6.54 Å². The standard InChI is InChI=1S/C17H19ClFNO3S/c1-2-3-10-23-14-5-7-15(8-6-14)24(21,22)20-12-13-4-9-17(19)16(18)11-13/h4-9,11,20H,2-3,10,12H2,1H3. The van der Waals surface area contributed by atoms with Crippen LogP contribution >= 0.6 is 11.6 Å². The molecular weight excluding hydrogens is 353 g/mol. The quantitative estimate of drug-likeness (QED) is 0.709. The van der Waals surface area contributed by atoms with E-state index in [2.05, 4.69) is 11.6 Å². The van der Waals surface area contributed by atoms with Gasteiger partial charge in [0.05, 0.1) is 16.5 Å². The van der Waals surface area contributed by atoms with Gasteiger partial charge in [-0.25, -0.2) is 17.5 Å². The Labute approximate surface area is 146 Å². The fraction of sp³-hybridized carbons (Fsp3) is 0.294.